The van der Waals surface area contributed by atoms with Crippen LogP contribution < -0.4 is 5.32 Å². The zero-order valence-electron chi connectivity index (χ0n) is 14.4. The van der Waals surface area contributed by atoms with Gasteiger partial charge in [0, 0.05) is 18.2 Å². The van der Waals surface area contributed by atoms with Crippen LogP contribution in [0.4, 0.5) is 8.78 Å². The van der Waals surface area contributed by atoms with Gasteiger partial charge in [0.25, 0.3) is 0 Å². The Labute approximate surface area is 141 Å². The molecule has 0 bridgehead atoms. The van der Waals surface area contributed by atoms with Gasteiger partial charge in [-0.25, -0.2) is 13.6 Å². The first kappa shape index (κ1) is 20.0. The first-order valence-electron chi connectivity index (χ1n) is 7.78. The number of hydrogen-bond acceptors (Lipinski definition) is 4. The molecule has 0 saturated carbocycles. The smallest absolute Gasteiger partial charge is 0.328 e. The minimum Gasteiger partial charge on any atom is -0.467 e. The van der Waals surface area contributed by atoms with E-state index in [4.69, 9.17) is 4.74 Å². The van der Waals surface area contributed by atoms with Gasteiger partial charge in [0.2, 0.25) is 5.91 Å². The number of likely N-dealkylation sites (N-methyl/N-ethyl adjacent to an activating group) is 1. The molecule has 1 amide bonds. The molecule has 7 heteroatoms. The first-order valence-corrected chi connectivity index (χ1v) is 7.78. The summed E-state index contributed by atoms with van der Waals surface area (Å²) in [5.41, 5.74) is 0.290. The molecule has 0 radical (unpaired) electrons. The summed E-state index contributed by atoms with van der Waals surface area (Å²) < 4.78 is 31.2. The van der Waals surface area contributed by atoms with Crippen molar-refractivity contribution in [2.75, 3.05) is 20.7 Å². The summed E-state index contributed by atoms with van der Waals surface area (Å²) in [6.07, 6.45) is 0.705. The normalized spacial score (nSPS) is 13.5. The first-order chi connectivity index (χ1) is 11.3. The quantitative estimate of drug-likeness (QED) is 0.735. The molecule has 1 N–H and O–H groups in total. The van der Waals surface area contributed by atoms with Gasteiger partial charge in [-0.1, -0.05) is 26.3 Å². The zero-order chi connectivity index (χ0) is 18.3. The summed E-state index contributed by atoms with van der Waals surface area (Å²) in [6, 6.07) is 2.60. The van der Waals surface area contributed by atoms with Crippen molar-refractivity contribution in [2.45, 2.75) is 32.9 Å². The highest BCUT2D eigenvalue weighted by Crippen LogP contribution is 2.12. The predicted octanol–water partition coefficient (Wildman–Crippen LogP) is 2.10. The third-order valence-electron chi connectivity index (χ3n) is 3.85. The van der Waals surface area contributed by atoms with Crippen LogP contribution in [0.25, 0.3) is 0 Å². The molecule has 2 atom stereocenters. The molecule has 1 aromatic rings. The van der Waals surface area contributed by atoms with Gasteiger partial charge in [-0.2, -0.15) is 0 Å². The summed E-state index contributed by atoms with van der Waals surface area (Å²) in [6.45, 7) is 3.88. The van der Waals surface area contributed by atoms with E-state index in [2.05, 4.69) is 5.32 Å². The zero-order valence-corrected chi connectivity index (χ0v) is 14.4. The Morgan fingerprint density at radius 1 is 1.33 bits per heavy atom. The number of nitrogens with one attached hydrogen (secondary N) is 1. The van der Waals surface area contributed by atoms with Crippen LogP contribution in [0.2, 0.25) is 0 Å². The van der Waals surface area contributed by atoms with Gasteiger partial charge in [-0.3, -0.25) is 9.69 Å². The summed E-state index contributed by atoms with van der Waals surface area (Å²) in [4.78, 5) is 25.5. The molecule has 5 nitrogen and oxygen atoms in total. The highest BCUT2D eigenvalue weighted by Gasteiger charge is 2.26. The fourth-order valence-electron chi connectivity index (χ4n) is 2.26. The average Bonchev–Trinajstić information content (AvgIpc) is 2.53. The third kappa shape index (κ3) is 5.88. The van der Waals surface area contributed by atoms with E-state index in [0.29, 0.717) is 6.42 Å². The Morgan fingerprint density at radius 3 is 2.54 bits per heavy atom. The van der Waals surface area contributed by atoms with Crippen LogP contribution in [0.3, 0.4) is 0 Å². The number of benzene rings is 1. The lowest BCUT2D eigenvalue weighted by Gasteiger charge is -2.23. The number of hydrogen-bond donors (Lipinski definition) is 1. The Kier molecular flexibility index (Phi) is 7.78. The van der Waals surface area contributed by atoms with Gasteiger partial charge in [0.1, 0.15) is 17.7 Å². The van der Waals surface area contributed by atoms with Crippen LogP contribution in [0.1, 0.15) is 25.8 Å². The van der Waals surface area contributed by atoms with Crippen LogP contribution in [0.5, 0.6) is 0 Å². The molecule has 0 aliphatic carbocycles. The van der Waals surface area contributed by atoms with E-state index in [1.165, 1.54) is 19.2 Å². The lowest BCUT2D eigenvalue weighted by atomic mass is 9.99. The molecule has 0 aliphatic rings. The van der Waals surface area contributed by atoms with Gasteiger partial charge in [-0.05, 0) is 19.0 Å². The number of nitrogens with zero attached hydrogens (tertiary/aromatic N) is 1. The van der Waals surface area contributed by atoms with Crippen molar-refractivity contribution in [3.05, 3.63) is 35.4 Å². The highest BCUT2D eigenvalue weighted by molar-refractivity contribution is 5.85. The fourth-order valence-corrected chi connectivity index (χ4v) is 2.26. The number of rotatable bonds is 8. The SMILES string of the molecule is CCC(C)C(NC(=O)CN(C)Cc1ccc(F)cc1F)C(=O)OC. The lowest BCUT2D eigenvalue weighted by molar-refractivity contribution is -0.146. The average molecular weight is 342 g/mol. The Hall–Kier alpha value is -2.02. The second-order valence-electron chi connectivity index (χ2n) is 5.86. The molecular weight excluding hydrogens is 318 g/mol. The van der Waals surface area contributed by atoms with Gasteiger partial charge >= 0.3 is 5.97 Å². The maximum absolute atomic E-state index is 13.6. The molecule has 1 rings (SSSR count). The van der Waals surface area contributed by atoms with E-state index < -0.39 is 23.6 Å². The van der Waals surface area contributed by atoms with Crippen LogP contribution in [0.15, 0.2) is 18.2 Å². The summed E-state index contributed by atoms with van der Waals surface area (Å²) >= 11 is 0. The molecule has 0 fully saturated rings. The van der Waals surface area contributed by atoms with E-state index >= 15 is 0 Å². The van der Waals surface area contributed by atoms with Crippen molar-refractivity contribution >= 4 is 11.9 Å². The molecule has 134 valence electrons. The van der Waals surface area contributed by atoms with E-state index in [-0.39, 0.29) is 30.5 Å². The summed E-state index contributed by atoms with van der Waals surface area (Å²) in [5, 5.41) is 2.65. The van der Waals surface area contributed by atoms with Crippen LogP contribution in [0, 0.1) is 17.6 Å². The number of carbonyl (C=O) groups is 2. The molecule has 0 spiro atoms. The maximum Gasteiger partial charge on any atom is 0.328 e. The predicted molar refractivity (Wildman–Crippen MR) is 86.1 cm³/mol. The van der Waals surface area contributed by atoms with E-state index in [9.17, 15) is 18.4 Å². The van der Waals surface area contributed by atoms with Crippen LogP contribution in [-0.4, -0.2) is 43.5 Å². The van der Waals surface area contributed by atoms with Gasteiger partial charge in [0.05, 0.1) is 13.7 Å². The Balaban J connectivity index is 2.63. The van der Waals surface area contributed by atoms with E-state index in [0.717, 1.165) is 6.07 Å². The number of methoxy groups -OCH3 is 1. The molecule has 0 saturated heterocycles. The molecule has 1 aromatic carbocycles. The van der Waals surface area contributed by atoms with Crippen molar-refractivity contribution in [3.63, 3.8) is 0 Å². The topological polar surface area (TPSA) is 58.6 Å². The van der Waals surface area contributed by atoms with E-state index in [1.54, 1.807) is 11.9 Å². The second kappa shape index (κ2) is 9.32. The monoisotopic (exact) mass is 342 g/mol. The van der Waals surface area contributed by atoms with Gasteiger partial charge in [-0.15, -0.1) is 0 Å². The van der Waals surface area contributed by atoms with Crippen molar-refractivity contribution in [1.29, 1.82) is 0 Å². The largest absolute Gasteiger partial charge is 0.467 e. The fraction of sp³-hybridized carbons (Fsp3) is 0.529. The van der Waals surface area contributed by atoms with Crippen molar-refractivity contribution in [2.24, 2.45) is 5.92 Å². The van der Waals surface area contributed by atoms with Gasteiger partial charge in [0.15, 0.2) is 0 Å². The number of halogens is 2. The van der Waals surface area contributed by atoms with Gasteiger partial charge < -0.3 is 10.1 Å². The lowest BCUT2D eigenvalue weighted by Crippen LogP contribution is -2.48. The number of amides is 1. The number of ether oxygens (including phenoxy) is 1. The number of esters is 1. The van der Waals surface area contributed by atoms with Crippen LogP contribution in [-0.2, 0) is 20.9 Å². The van der Waals surface area contributed by atoms with Crippen LogP contribution >= 0.6 is 0 Å². The third-order valence-corrected chi connectivity index (χ3v) is 3.85. The number of carbonyl (C=O) groups excluding carboxylic acids is 2. The molecule has 0 aliphatic heterocycles. The molecule has 24 heavy (non-hydrogen) atoms. The Bertz CT molecular complexity index is 581. The van der Waals surface area contributed by atoms with E-state index in [1.807, 2.05) is 13.8 Å². The van der Waals surface area contributed by atoms with Crippen molar-refractivity contribution in [1.82, 2.24) is 10.2 Å². The minimum atomic E-state index is -0.719. The Morgan fingerprint density at radius 2 is 2.00 bits per heavy atom. The molecule has 0 aromatic heterocycles. The molecule has 0 heterocycles. The van der Waals surface area contributed by atoms with Crippen molar-refractivity contribution < 1.29 is 23.1 Å². The summed E-state index contributed by atoms with van der Waals surface area (Å²) in [5.74, 6) is -2.23. The minimum absolute atomic E-state index is 0.0270. The highest BCUT2D eigenvalue weighted by atomic mass is 19.1. The maximum atomic E-state index is 13.6. The molecule has 2 unspecified atom stereocenters. The standard InChI is InChI=1S/C17H24F2N2O3/c1-5-11(2)16(17(23)24-4)20-15(22)10-21(3)9-12-6-7-13(18)8-14(12)19/h6-8,11,16H,5,9-10H2,1-4H3,(H,20,22). The summed E-state index contributed by atoms with van der Waals surface area (Å²) in [7, 11) is 2.91. The molecular formula is C17H24F2N2O3. The van der Waals surface area contributed by atoms with Crippen molar-refractivity contribution in [3.8, 4) is 0 Å². The second-order valence-corrected chi connectivity index (χ2v) is 5.86.